The first-order valence-corrected chi connectivity index (χ1v) is 6.53. The lowest BCUT2D eigenvalue weighted by molar-refractivity contribution is 0.0460. The summed E-state index contributed by atoms with van der Waals surface area (Å²) in [5.41, 5.74) is 2.22. The molecule has 17 heavy (non-hydrogen) atoms. The van der Waals surface area contributed by atoms with Gasteiger partial charge in [0.2, 0.25) is 0 Å². The predicted octanol–water partition coefficient (Wildman–Crippen LogP) is 2.99. The van der Waals surface area contributed by atoms with Gasteiger partial charge in [-0.15, -0.1) is 0 Å². The fourth-order valence-corrected chi connectivity index (χ4v) is 3.02. The van der Waals surface area contributed by atoms with Crippen molar-refractivity contribution in [3.05, 3.63) is 30.1 Å². The Hall–Kier alpha value is -0.890. The van der Waals surface area contributed by atoms with E-state index in [0.717, 1.165) is 12.5 Å². The number of hydrogen-bond donors (Lipinski definition) is 1. The molecule has 1 fully saturated rings. The number of likely N-dealkylation sites (N-methyl/N-ethyl adjacent to an activating group) is 1. The molecule has 1 saturated carbocycles. The van der Waals surface area contributed by atoms with Crippen LogP contribution in [0.1, 0.15) is 39.2 Å². The van der Waals surface area contributed by atoms with Crippen molar-refractivity contribution in [1.82, 2.24) is 10.3 Å². The zero-order chi connectivity index (χ0) is 12.5. The molecule has 0 radical (unpaired) electrons. The van der Waals surface area contributed by atoms with Gasteiger partial charge in [-0.2, -0.15) is 0 Å². The zero-order valence-corrected chi connectivity index (χ0v) is 11.5. The quantitative estimate of drug-likeness (QED) is 0.866. The maximum Gasteiger partial charge on any atom is 0.0270 e. The molecule has 2 nitrogen and oxygen atoms in total. The second-order valence-electron chi connectivity index (χ2n) is 6.52. The summed E-state index contributed by atoms with van der Waals surface area (Å²) in [5.74, 6) is 0.837. The highest BCUT2D eigenvalue weighted by Crippen LogP contribution is 2.53. The topological polar surface area (TPSA) is 24.9 Å². The maximum atomic E-state index is 4.12. The van der Waals surface area contributed by atoms with E-state index in [2.05, 4.69) is 43.2 Å². The minimum absolute atomic E-state index is 0.343. The molecule has 1 aromatic heterocycles. The summed E-state index contributed by atoms with van der Waals surface area (Å²) >= 11 is 0. The first-order chi connectivity index (χ1) is 7.98. The van der Waals surface area contributed by atoms with Gasteiger partial charge in [0.15, 0.2) is 0 Å². The van der Waals surface area contributed by atoms with Crippen LogP contribution in [0.3, 0.4) is 0 Å². The molecule has 2 heteroatoms. The third kappa shape index (κ3) is 2.37. The van der Waals surface area contributed by atoms with Gasteiger partial charge >= 0.3 is 0 Å². The Labute approximate surface area is 105 Å². The van der Waals surface area contributed by atoms with Gasteiger partial charge in [-0.1, -0.05) is 20.8 Å². The number of pyridine rings is 1. The van der Waals surface area contributed by atoms with Gasteiger partial charge in [-0.25, -0.2) is 0 Å². The zero-order valence-electron chi connectivity index (χ0n) is 11.5. The molecule has 0 unspecified atom stereocenters. The summed E-state index contributed by atoms with van der Waals surface area (Å²) in [7, 11) is 2.05. The van der Waals surface area contributed by atoms with Gasteiger partial charge in [-0.05, 0) is 48.9 Å². The van der Waals surface area contributed by atoms with E-state index in [-0.39, 0.29) is 0 Å². The molecular formula is C15H24N2. The molecule has 1 aliphatic rings. The Morgan fingerprint density at radius 2 is 1.88 bits per heavy atom. The Morgan fingerprint density at radius 3 is 2.35 bits per heavy atom. The van der Waals surface area contributed by atoms with Crippen LogP contribution in [-0.2, 0) is 5.41 Å². The molecule has 1 N–H and O–H groups in total. The molecule has 0 bridgehead atoms. The van der Waals surface area contributed by atoms with Gasteiger partial charge in [0.25, 0.3) is 0 Å². The van der Waals surface area contributed by atoms with Crippen molar-refractivity contribution in [2.75, 3.05) is 13.6 Å². The average molecular weight is 232 g/mol. The summed E-state index contributed by atoms with van der Waals surface area (Å²) in [6, 6.07) is 4.35. The van der Waals surface area contributed by atoms with Crippen LogP contribution in [0, 0.1) is 11.3 Å². The highest BCUT2D eigenvalue weighted by molar-refractivity contribution is 5.28. The molecule has 1 heterocycles. The van der Waals surface area contributed by atoms with Crippen molar-refractivity contribution in [1.29, 1.82) is 0 Å². The van der Waals surface area contributed by atoms with Crippen LogP contribution < -0.4 is 5.32 Å². The van der Waals surface area contributed by atoms with Crippen molar-refractivity contribution < 1.29 is 0 Å². The minimum atomic E-state index is 0.343. The SMILES string of the molecule is CNCC1(c2ccncc2)CC(C(C)(C)C)C1. The average Bonchev–Trinajstić information content (AvgIpc) is 2.22. The number of nitrogens with one attached hydrogen (secondary N) is 1. The second kappa shape index (κ2) is 4.41. The standard InChI is InChI=1S/C15H24N2/c1-14(2,3)13-9-15(10-13,11-16-4)12-5-7-17-8-6-12/h5-8,13,16H,9-11H2,1-4H3. The van der Waals surface area contributed by atoms with Gasteiger partial charge in [0.05, 0.1) is 0 Å². The number of aromatic nitrogens is 1. The fraction of sp³-hybridized carbons (Fsp3) is 0.667. The molecule has 0 spiro atoms. The highest BCUT2D eigenvalue weighted by Gasteiger charge is 2.48. The van der Waals surface area contributed by atoms with E-state index in [1.807, 2.05) is 19.4 Å². The van der Waals surface area contributed by atoms with E-state index in [1.165, 1.54) is 18.4 Å². The molecule has 2 rings (SSSR count). The summed E-state index contributed by atoms with van der Waals surface area (Å²) in [6.45, 7) is 8.14. The van der Waals surface area contributed by atoms with E-state index >= 15 is 0 Å². The number of rotatable bonds is 3. The number of nitrogens with zero attached hydrogens (tertiary/aromatic N) is 1. The largest absolute Gasteiger partial charge is 0.319 e. The summed E-state index contributed by atoms with van der Waals surface area (Å²) in [6.07, 6.45) is 6.41. The van der Waals surface area contributed by atoms with Crippen molar-refractivity contribution in [2.24, 2.45) is 11.3 Å². The molecule has 1 aliphatic carbocycles. The van der Waals surface area contributed by atoms with E-state index < -0.39 is 0 Å². The van der Waals surface area contributed by atoms with Crippen LogP contribution in [0.2, 0.25) is 0 Å². The molecule has 0 amide bonds. The summed E-state index contributed by atoms with van der Waals surface area (Å²) in [5, 5.41) is 3.36. The summed E-state index contributed by atoms with van der Waals surface area (Å²) in [4.78, 5) is 4.12. The first-order valence-electron chi connectivity index (χ1n) is 6.53. The van der Waals surface area contributed by atoms with Crippen molar-refractivity contribution in [3.8, 4) is 0 Å². The van der Waals surface area contributed by atoms with Gasteiger partial charge in [-0.3, -0.25) is 4.98 Å². The lowest BCUT2D eigenvalue weighted by atomic mass is 9.52. The van der Waals surface area contributed by atoms with E-state index in [4.69, 9.17) is 0 Å². The van der Waals surface area contributed by atoms with Crippen molar-refractivity contribution >= 4 is 0 Å². The van der Waals surface area contributed by atoms with Crippen LogP contribution in [0.4, 0.5) is 0 Å². The third-order valence-electron chi connectivity index (χ3n) is 4.31. The molecule has 1 aromatic rings. The Bertz CT molecular complexity index is 358. The second-order valence-corrected chi connectivity index (χ2v) is 6.52. The van der Waals surface area contributed by atoms with Gasteiger partial charge in [0, 0.05) is 24.4 Å². The van der Waals surface area contributed by atoms with Crippen molar-refractivity contribution in [2.45, 2.75) is 39.0 Å². The lowest BCUT2D eigenvalue weighted by Gasteiger charge is -2.53. The Morgan fingerprint density at radius 1 is 1.29 bits per heavy atom. The van der Waals surface area contributed by atoms with Gasteiger partial charge < -0.3 is 5.32 Å². The molecule has 0 atom stereocenters. The Balaban J connectivity index is 2.16. The molecule has 0 aliphatic heterocycles. The monoisotopic (exact) mass is 232 g/mol. The summed E-state index contributed by atoms with van der Waals surface area (Å²) < 4.78 is 0. The lowest BCUT2D eigenvalue weighted by Crippen LogP contribution is -2.51. The Kier molecular flexibility index (Phi) is 3.26. The molecular weight excluding hydrogens is 208 g/mol. The van der Waals surface area contributed by atoms with E-state index in [1.54, 1.807) is 0 Å². The van der Waals surface area contributed by atoms with Gasteiger partial charge in [0.1, 0.15) is 0 Å². The van der Waals surface area contributed by atoms with Crippen LogP contribution in [-0.4, -0.2) is 18.6 Å². The minimum Gasteiger partial charge on any atom is -0.319 e. The maximum absolute atomic E-state index is 4.12. The molecule has 0 aromatic carbocycles. The molecule has 94 valence electrons. The smallest absolute Gasteiger partial charge is 0.0270 e. The van der Waals surface area contributed by atoms with Crippen LogP contribution in [0.5, 0.6) is 0 Å². The van der Waals surface area contributed by atoms with Crippen LogP contribution in [0.15, 0.2) is 24.5 Å². The fourth-order valence-electron chi connectivity index (χ4n) is 3.02. The van der Waals surface area contributed by atoms with E-state index in [9.17, 15) is 0 Å². The normalized spacial score (nSPS) is 28.8. The highest BCUT2D eigenvalue weighted by atomic mass is 14.8. The number of hydrogen-bond acceptors (Lipinski definition) is 2. The molecule has 0 saturated heterocycles. The third-order valence-corrected chi connectivity index (χ3v) is 4.31. The first kappa shape index (κ1) is 12.6. The van der Waals surface area contributed by atoms with Crippen LogP contribution >= 0.6 is 0 Å². The van der Waals surface area contributed by atoms with Crippen molar-refractivity contribution in [3.63, 3.8) is 0 Å². The predicted molar refractivity (Wildman–Crippen MR) is 72.0 cm³/mol. The van der Waals surface area contributed by atoms with E-state index in [0.29, 0.717) is 10.8 Å². The van der Waals surface area contributed by atoms with Crippen LogP contribution in [0.25, 0.3) is 0 Å².